The van der Waals surface area contributed by atoms with Crippen molar-refractivity contribution in [2.24, 2.45) is 5.10 Å². The van der Waals surface area contributed by atoms with Gasteiger partial charge in [0.25, 0.3) is 5.56 Å². The Hall–Kier alpha value is -5.80. The van der Waals surface area contributed by atoms with Gasteiger partial charge >= 0.3 is 5.97 Å². The van der Waals surface area contributed by atoms with E-state index in [2.05, 4.69) is 4.98 Å². The van der Waals surface area contributed by atoms with Crippen molar-refractivity contribution in [1.29, 1.82) is 0 Å². The number of hydrazone groups is 1. The number of carbonyl (C=O) groups excluding carboxylic acids is 1. The fourth-order valence-corrected chi connectivity index (χ4v) is 6.24. The van der Waals surface area contributed by atoms with E-state index in [0.717, 1.165) is 22.2 Å². The third kappa shape index (κ3) is 5.84. The second-order valence-corrected chi connectivity index (χ2v) is 11.7. The molecule has 3 heterocycles. The Morgan fingerprint density at radius 1 is 0.851 bits per heavy atom. The molecule has 4 aromatic carbocycles. The summed E-state index contributed by atoms with van der Waals surface area (Å²) in [4.78, 5) is 42.2. The number of carbonyl (C=O) groups is 2. The van der Waals surface area contributed by atoms with Crippen molar-refractivity contribution in [2.45, 2.75) is 25.3 Å². The van der Waals surface area contributed by atoms with Gasteiger partial charge in [-0.3, -0.25) is 14.4 Å². The van der Waals surface area contributed by atoms with Crippen molar-refractivity contribution >= 4 is 40.1 Å². The van der Waals surface area contributed by atoms with Crippen LogP contribution >= 0.6 is 11.6 Å². The molecule has 0 aliphatic carbocycles. The summed E-state index contributed by atoms with van der Waals surface area (Å²) in [5, 5.41) is 21.7. The highest BCUT2D eigenvalue weighted by Crippen LogP contribution is 2.41. The van der Waals surface area contributed by atoms with Gasteiger partial charge in [0.15, 0.2) is 0 Å². The number of carboxylic acid groups (broad SMARTS) is 1. The lowest BCUT2D eigenvalue weighted by atomic mass is 9.90. The number of aliphatic carboxylic acids is 1. The van der Waals surface area contributed by atoms with Crippen LogP contribution in [0.3, 0.4) is 0 Å². The first-order valence-corrected chi connectivity index (χ1v) is 15.5. The van der Waals surface area contributed by atoms with Crippen LogP contribution in [-0.2, 0) is 9.59 Å². The summed E-state index contributed by atoms with van der Waals surface area (Å²) in [5.41, 5.74) is 5.43. The zero-order valence-corrected chi connectivity index (χ0v) is 25.8. The highest BCUT2D eigenvalue weighted by Gasteiger charge is 2.38. The van der Waals surface area contributed by atoms with Gasteiger partial charge in [0.05, 0.1) is 35.1 Å². The minimum atomic E-state index is -1.09. The molecular weight excluding hydrogens is 614 g/mol. The molecule has 0 saturated heterocycles. The number of carboxylic acids is 1. The summed E-state index contributed by atoms with van der Waals surface area (Å²) >= 11 is 6.45. The maximum absolute atomic E-state index is 13.9. The monoisotopic (exact) mass is 641 g/mol. The van der Waals surface area contributed by atoms with Crippen molar-refractivity contribution in [1.82, 2.24) is 19.8 Å². The quantitative estimate of drug-likeness (QED) is 0.181. The lowest BCUT2D eigenvalue weighted by Crippen LogP contribution is -2.27. The van der Waals surface area contributed by atoms with Crippen molar-refractivity contribution in [2.75, 3.05) is 0 Å². The molecule has 1 aliphatic heterocycles. The Kier molecular flexibility index (Phi) is 7.97. The highest BCUT2D eigenvalue weighted by molar-refractivity contribution is 6.31. The number of hydrogen-bond acceptors (Lipinski definition) is 5. The summed E-state index contributed by atoms with van der Waals surface area (Å²) < 4.78 is 1.76. The summed E-state index contributed by atoms with van der Waals surface area (Å²) in [6, 6.07) is 33.4. The fraction of sp³-hybridized carbons (Fsp3) is 0.108. The maximum Gasteiger partial charge on any atom is 0.303 e. The molecule has 47 heavy (non-hydrogen) atoms. The second-order valence-electron chi connectivity index (χ2n) is 11.2. The third-order valence-electron chi connectivity index (χ3n) is 8.22. The Balaban J connectivity index is 1.43. The molecule has 1 atom stereocenters. The molecule has 0 radical (unpaired) electrons. The number of benzene rings is 4. The number of para-hydroxylation sites is 1. The van der Waals surface area contributed by atoms with Crippen LogP contribution in [0.15, 0.2) is 125 Å². The molecule has 0 fully saturated rings. The van der Waals surface area contributed by atoms with E-state index in [1.54, 1.807) is 22.9 Å². The number of nitrogens with one attached hydrogen (secondary N) is 1. The molecule has 2 N–H and O–H groups in total. The summed E-state index contributed by atoms with van der Waals surface area (Å²) in [6.07, 6.45) is 1.45. The average Bonchev–Trinajstić information content (AvgIpc) is 3.73. The topological polar surface area (TPSA) is 121 Å². The molecule has 0 saturated carbocycles. The van der Waals surface area contributed by atoms with Crippen LogP contribution in [0.4, 0.5) is 0 Å². The zero-order chi connectivity index (χ0) is 32.5. The molecule has 10 heteroatoms. The lowest BCUT2D eigenvalue weighted by molar-refractivity contribution is -0.141. The van der Waals surface area contributed by atoms with E-state index in [9.17, 15) is 19.5 Å². The van der Waals surface area contributed by atoms with Crippen LogP contribution in [0.1, 0.15) is 36.4 Å². The maximum atomic E-state index is 13.9. The van der Waals surface area contributed by atoms with E-state index in [0.29, 0.717) is 38.6 Å². The molecule has 232 valence electrons. The minimum absolute atomic E-state index is 0.189. The van der Waals surface area contributed by atoms with Crippen LogP contribution in [0, 0.1) is 0 Å². The van der Waals surface area contributed by atoms with Crippen LogP contribution in [-0.4, -0.2) is 42.5 Å². The van der Waals surface area contributed by atoms with Gasteiger partial charge in [-0.25, -0.2) is 9.69 Å². The van der Waals surface area contributed by atoms with Crippen molar-refractivity contribution in [3.8, 4) is 28.1 Å². The molecule has 7 rings (SSSR count). The van der Waals surface area contributed by atoms with Gasteiger partial charge in [0.2, 0.25) is 5.91 Å². The fourth-order valence-electron chi connectivity index (χ4n) is 6.07. The van der Waals surface area contributed by atoms with Gasteiger partial charge in [0, 0.05) is 51.7 Å². The van der Waals surface area contributed by atoms with E-state index in [4.69, 9.17) is 21.8 Å². The van der Waals surface area contributed by atoms with Gasteiger partial charge in [0.1, 0.15) is 0 Å². The summed E-state index contributed by atoms with van der Waals surface area (Å²) in [7, 11) is 0. The number of aromatic nitrogens is 3. The van der Waals surface area contributed by atoms with Crippen LogP contribution in [0.2, 0.25) is 5.02 Å². The number of fused-ring (bicyclic) bond motifs is 1. The van der Waals surface area contributed by atoms with Gasteiger partial charge in [-0.1, -0.05) is 90.5 Å². The first kappa shape index (κ1) is 29.9. The number of rotatable bonds is 8. The predicted molar refractivity (Wildman–Crippen MR) is 182 cm³/mol. The van der Waals surface area contributed by atoms with Crippen molar-refractivity contribution in [3.05, 3.63) is 142 Å². The smallest absolute Gasteiger partial charge is 0.303 e. The molecule has 2 aromatic heterocycles. The van der Waals surface area contributed by atoms with E-state index < -0.39 is 17.9 Å². The Morgan fingerprint density at radius 3 is 2.19 bits per heavy atom. The van der Waals surface area contributed by atoms with Crippen LogP contribution in [0.25, 0.3) is 39.0 Å². The van der Waals surface area contributed by atoms with Crippen molar-refractivity contribution < 1.29 is 14.7 Å². The first-order chi connectivity index (χ1) is 22.9. The van der Waals surface area contributed by atoms with Crippen LogP contribution in [0.5, 0.6) is 0 Å². The molecule has 9 nitrogen and oxygen atoms in total. The number of amides is 1. The Morgan fingerprint density at radius 2 is 1.51 bits per heavy atom. The zero-order valence-electron chi connectivity index (χ0n) is 25.0. The molecule has 1 amide bonds. The number of H-pyrrole nitrogens is 1. The van der Waals surface area contributed by atoms with Gasteiger partial charge in [-0.15, -0.1) is 0 Å². The number of halogens is 1. The first-order valence-electron chi connectivity index (χ1n) is 15.1. The van der Waals surface area contributed by atoms with E-state index >= 15 is 0 Å². The van der Waals surface area contributed by atoms with E-state index in [1.807, 2.05) is 97.2 Å². The normalized spacial score (nSPS) is 14.4. The summed E-state index contributed by atoms with van der Waals surface area (Å²) in [6.45, 7) is 0. The van der Waals surface area contributed by atoms with Gasteiger partial charge in [-0.05, 0) is 35.9 Å². The Bertz CT molecular complexity index is 2210. The Labute approximate surface area is 274 Å². The molecule has 0 unspecified atom stereocenters. The minimum Gasteiger partial charge on any atom is -0.481 e. The number of hydrogen-bond donors (Lipinski definition) is 2. The molecular formula is C37H28ClN5O4. The second kappa shape index (κ2) is 12.5. The lowest BCUT2D eigenvalue weighted by Gasteiger charge is -2.21. The standard InChI is InChI=1S/C37H28ClN5O4/c38-25-16-17-29-27(20-25)34(23-10-4-1-5-11-23)35(37(47)39-29)30-21-31(43(40-30)32(44)18-19-33(45)46)28-22-42(26-14-8-3-9-15-26)41-36(28)24-12-6-2-7-13-24/h1-17,20,22,31H,18-19,21H2,(H,39,47)(H,45,46)/t31-/m0/s1. The molecule has 6 aromatic rings. The molecule has 1 aliphatic rings. The number of nitrogens with zero attached hydrogens (tertiary/aromatic N) is 4. The largest absolute Gasteiger partial charge is 0.481 e. The van der Waals surface area contributed by atoms with Crippen molar-refractivity contribution in [3.63, 3.8) is 0 Å². The predicted octanol–water partition coefficient (Wildman–Crippen LogP) is 7.24. The molecule has 0 bridgehead atoms. The van der Waals surface area contributed by atoms with Gasteiger partial charge < -0.3 is 10.1 Å². The average molecular weight is 642 g/mol. The SMILES string of the molecule is O=C(O)CCC(=O)N1N=C(c2c(-c3ccccc3)c3cc(Cl)ccc3[nH]c2=O)C[C@H]1c1cn(-c2ccccc2)nc1-c1ccccc1. The molecule has 0 spiro atoms. The van der Waals surface area contributed by atoms with E-state index in [-0.39, 0.29) is 24.8 Å². The third-order valence-corrected chi connectivity index (χ3v) is 8.45. The van der Waals surface area contributed by atoms with Gasteiger partial charge in [-0.2, -0.15) is 10.2 Å². The van der Waals surface area contributed by atoms with Crippen LogP contribution < -0.4 is 5.56 Å². The highest BCUT2D eigenvalue weighted by atomic mass is 35.5. The summed E-state index contributed by atoms with van der Waals surface area (Å²) in [5.74, 6) is -1.56. The number of pyridine rings is 1. The number of aromatic amines is 1. The van der Waals surface area contributed by atoms with E-state index in [1.165, 1.54) is 5.01 Å².